The zero-order valence-electron chi connectivity index (χ0n) is 13.9. The number of hydrogen-bond acceptors (Lipinski definition) is 5. The summed E-state index contributed by atoms with van der Waals surface area (Å²) in [5.74, 6) is -2.62. The summed E-state index contributed by atoms with van der Waals surface area (Å²) in [6, 6.07) is 12.2. The molecule has 8 heteroatoms. The average molecular weight is 381 g/mol. The molecule has 0 aliphatic heterocycles. The molecule has 0 heterocycles. The Kier molecular flexibility index (Phi) is 6.85. The molecule has 0 saturated carbocycles. The van der Waals surface area contributed by atoms with Gasteiger partial charge in [-0.25, -0.2) is 13.0 Å². The molecule has 0 radical (unpaired) electrons. The molecule has 26 heavy (non-hydrogen) atoms. The highest BCUT2D eigenvalue weighted by molar-refractivity contribution is 7.79. The number of allylic oxidation sites excluding steroid dienone is 1. The van der Waals surface area contributed by atoms with Crippen molar-refractivity contribution in [1.82, 2.24) is 0 Å². The second-order valence-corrected chi connectivity index (χ2v) is 6.32. The first-order chi connectivity index (χ1) is 12.4. The summed E-state index contributed by atoms with van der Waals surface area (Å²) in [6.45, 7) is 1.36. The van der Waals surface area contributed by atoms with E-state index in [-0.39, 0.29) is 17.6 Å². The first kappa shape index (κ1) is 19.6. The van der Waals surface area contributed by atoms with E-state index in [0.29, 0.717) is 0 Å². The molecule has 0 aliphatic carbocycles. The first-order valence-corrected chi connectivity index (χ1v) is 8.83. The summed E-state index contributed by atoms with van der Waals surface area (Å²) >= 11 is -1.89. The van der Waals surface area contributed by atoms with Gasteiger partial charge < -0.3 is 14.7 Å². The third-order valence-electron chi connectivity index (χ3n) is 3.37. The number of ether oxygens (including phenoxy) is 1. The Hall–Kier alpha value is -2.74. The van der Waals surface area contributed by atoms with Crippen LogP contribution in [0.2, 0.25) is 0 Å². The molecule has 2 unspecified atom stereocenters. The average Bonchev–Trinajstić information content (AvgIpc) is 2.60. The molecule has 0 aliphatic rings. The van der Waals surface area contributed by atoms with Gasteiger partial charge in [0, 0.05) is 0 Å². The van der Waals surface area contributed by atoms with Gasteiger partial charge in [-0.2, -0.15) is 0 Å². The Balaban J connectivity index is 2.10. The highest BCUT2D eigenvalue weighted by atomic mass is 32.2. The van der Waals surface area contributed by atoms with Crippen LogP contribution < -0.4 is 5.73 Å². The van der Waals surface area contributed by atoms with Gasteiger partial charge in [0.25, 0.3) is 0 Å². The van der Waals surface area contributed by atoms with Crippen LogP contribution in [-0.4, -0.2) is 10.5 Å². The van der Waals surface area contributed by atoms with Gasteiger partial charge in [0.05, 0.1) is 11.3 Å². The Morgan fingerprint density at radius 2 is 1.77 bits per heavy atom. The number of aldehydes is 1. The molecule has 2 aromatic rings. The fourth-order valence-corrected chi connectivity index (χ4v) is 3.01. The van der Waals surface area contributed by atoms with Crippen LogP contribution in [0.25, 0.3) is 0 Å². The molecule has 2 rings (SSSR count). The lowest BCUT2D eigenvalue weighted by Crippen LogP contribution is -2.15. The number of nitrogens with two attached hydrogens (primary N) is 1. The van der Waals surface area contributed by atoms with Crippen molar-refractivity contribution >= 4 is 17.4 Å². The van der Waals surface area contributed by atoms with Crippen LogP contribution in [0.5, 0.6) is 0 Å². The monoisotopic (exact) mass is 381 g/mol. The molecule has 2 N–H and O–H groups in total. The van der Waals surface area contributed by atoms with Crippen molar-refractivity contribution in [3.8, 4) is 0 Å². The van der Waals surface area contributed by atoms with Crippen LogP contribution in [0, 0.1) is 11.6 Å². The Morgan fingerprint density at radius 3 is 2.35 bits per heavy atom. The van der Waals surface area contributed by atoms with Gasteiger partial charge in [-0.15, -0.1) is 0 Å². The van der Waals surface area contributed by atoms with E-state index in [2.05, 4.69) is 0 Å². The van der Waals surface area contributed by atoms with Crippen molar-refractivity contribution < 1.29 is 26.7 Å². The minimum absolute atomic E-state index is 0.0307. The summed E-state index contributed by atoms with van der Waals surface area (Å²) in [6.07, 6.45) is -0.903. The van der Waals surface area contributed by atoms with Gasteiger partial charge in [0.2, 0.25) is 22.7 Å². The van der Waals surface area contributed by atoms with E-state index in [1.54, 1.807) is 30.3 Å². The molecule has 2 aromatic carbocycles. The molecule has 5 nitrogen and oxygen atoms in total. The third kappa shape index (κ3) is 5.13. The van der Waals surface area contributed by atoms with E-state index in [0.717, 1.165) is 17.7 Å². The molecule has 0 saturated heterocycles. The van der Waals surface area contributed by atoms with Gasteiger partial charge in [0.15, 0.2) is 6.29 Å². The Labute approximate surface area is 152 Å². The minimum Gasteiger partial charge on any atom is -0.468 e. The standard InChI is InChI=1S/C18H17F2NO4S/c1-12(17-14(19)8-5-9-15(17)20)24-18(21)16(10-22)25-26(23)11-13-6-3-2-4-7-13/h2-10,12H,11,21H2,1H3/b18-16+. The number of halogens is 2. The summed E-state index contributed by atoms with van der Waals surface area (Å²) in [5, 5.41) is 0. The largest absolute Gasteiger partial charge is 0.468 e. The van der Waals surface area contributed by atoms with Crippen LogP contribution in [0.3, 0.4) is 0 Å². The van der Waals surface area contributed by atoms with Gasteiger partial charge in [-0.3, -0.25) is 4.79 Å². The molecule has 0 fully saturated rings. The summed E-state index contributed by atoms with van der Waals surface area (Å²) in [4.78, 5) is 11.2. The number of carbonyl (C=O) groups is 1. The van der Waals surface area contributed by atoms with E-state index >= 15 is 0 Å². The van der Waals surface area contributed by atoms with Gasteiger partial charge in [0.1, 0.15) is 17.7 Å². The molecule has 0 bridgehead atoms. The van der Waals surface area contributed by atoms with Crippen molar-refractivity contribution in [3.05, 3.63) is 82.9 Å². The zero-order valence-corrected chi connectivity index (χ0v) is 14.7. The lowest BCUT2D eigenvalue weighted by molar-refractivity contribution is -0.107. The molecule has 2 atom stereocenters. The van der Waals surface area contributed by atoms with E-state index in [9.17, 15) is 17.8 Å². The van der Waals surface area contributed by atoms with Gasteiger partial charge in [-0.1, -0.05) is 36.4 Å². The van der Waals surface area contributed by atoms with E-state index in [4.69, 9.17) is 14.7 Å². The summed E-state index contributed by atoms with van der Waals surface area (Å²) in [7, 11) is 0. The number of rotatable bonds is 8. The van der Waals surface area contributed by atoms with Crippen molar-refractivity contribution in [2.45, 2.75) is 18.8 Å². The zero-order chi connectivity index (χ0) is 19.1. The molecule has 0 spiro atoms. The highest BCUT2D eigenvalue weighted by Gasteiger charge is 2.20. The molecule has 0 amide bonds. The fourth-order valence-electron chi connectivity index (χ4n) is 2.17. The summed E-state index contributed by atoms with van der Waals surface area (Å²) < 4.78 is 49.7. The maximum Gasteiger partial charge on any atom is 0.239 e. The van der Waals surface area contributed by atoms with Gasteiger partial charge >= 0.3 is 0 Å². The SMILES string of the molecule is CC(O/C(N)=C(\C=O)OS(=O)Cc1ccccc1)c1c(F)cccc1F. The number of hydrogen-bond donors (Lipinski definition) is 1. The van der Waals surface area contributed by atoms with Crippen LogP contribution in [0.4, 0.5) is 8.78 Å². The first-order valence-electron chi connectivity index (χ1n) is 7.58. The number of carbonyl (C=O) groups excluding carboxylic acids is 1. The maximum absolute atomic E-state index is 13.8. The quantitative estimate of drug-likeness (QED) is 0.431. The number of benzene rings is 2. The van der Waals surface area contributed by atoms with Crippen molar-refractivity contribution in [3.63, 3.8) is 0 Å². The van der Waals surface area contributed by atoms with Crippen molar-refractivity contribution in [1.29, 1.82) is 0 Å². The van der Waals surface area contributed by atoms with E-state index in [1.165, 1.54) is 13.0 Å². The van der Waals surface area contributed by atoms with E-state index < -0.39 is 40.5 Å². The second-order valence-electron chi connectivity index (χ2n) is 5.26. The summed E-state index contributed by atoms with van der Waals surface area (Å²) in [5.41, 5.74) is 6.02. The van der Waals surface area contributed by atoms with Crippen LogP contribution >= 0.6 is 0 Å². The van der Waals surface area contributed by atoms with Crippen LogP contribution in [-0.2, 0) is 30.5 Å². The van der Waals surface area contributed by atoms with E-state index in [1.807, 2.05) is 0 Å². The lowest BCUT2D eigenvalue weighted by atomic mass is 10.1. The predicted molar refractivity (Wildman–Crippen MR) is 92.5 cm³/mol. The molecular weight excluding hydrogens is 364 g/mol. The fraction of sp³-hybridized carbons (Fsp3) is 0.167. The third-order valence-corrected chi connectivity index (χ3v) is 4.30. The van der Waals surface area contributed by atoms with Crippen molar-refractivity contribution in [2.24, 2.45) is 5.73 Å². The Bertz CT molecular complexity index is 807. The van der Waals surface area contributed by atoms with Crippen LogP contribution in [0.1, 0.15) is 24.2 Å². The molecule has 0 aromatic heterocycles. The molecule has 138 valence electrons. The van der Waals surface area contributed by atoms with Gasteiger partial charge in [-0.05, 0) is 24.6 Å². The highest BCUT2D eigenvalue weighted by Crippen LogP contribution is 2.25. The minimum atomic E-state index is -1.89. The van der Waals surface area contributed by atoms with Crippen LogP contribution in [0.15, 0.2) is 60.2 Å². The van der Waals surface area contributed by atoms with Crippen molar-refractivity contribution in [2.75, 3.05) is 0 Å². The second kappa shape index (κ2) is 9.10. The molecular formula is C18H17F2NO4S. The smallest absolute Gasteiger partial charge is 0.239 e. The topological polar surface area (TPSA) is 78.6 Å². The normalized spacial score (nSPS) is 14.1. The maximum atomic E-state index is 13.8. The predicted octanol–water partition coefficient (Wildman–Crippen LogP) is 3.25. The Morgan fingerprint density at radius 1 is 1.15 bits per heavy atom. The lowest BCUT2D eigenvalue weighted by Gasteiger charge is -2.17.